The van der Waals surface area contributed by atoms with Crippen LogP contribution in [0.4, 0.5) is 0 Å². The highest BCUT2D eigenvalue weighted by molar-refractivity contribution is 4.65. The average molecular weight is 76.1 g/mol. The summed E-state index contributed by atoms with van der Waals surface area (Å²) in [4.78, 5) is 0. The van der Waals surface area contributed by atoms with Gasteiger partial charge in [-0.15, -0.1) is 0 Å². The Morgan fingerprint density at radius 3 is 2.40 bits per heavy atom. The molecule has 1 saturated carbocycles. The summed E-state index contributed by atoms with van der Waals surface area (Å²) in [6.07, 6.45) is -5.04. The monoisotopic (exact) mass is 76.1 g/mol. The topological polar surface area (TPSA) is 20.2 Å². The van der Waals surface area contributed by atoms with Gasteiger partial charge >= 0.3 is 0 Å². The Hall–Kier alpha value is -0.0400. The molecule has 0 bridgehead atoms. The molecule has 0 amide bonds. The molecule has 1 N–H and O–H groups in total. The molecular formula is C4H8O. The Morgan fingerprint density at radius 1 is 1.80 bits per heavy atom. The summed E-state index contributed by atoms with van der Waals surface area (Å²) in [5.74, 6) is 0. The Labute approximate surface area is 37.2 Å². The lowest BCUT2D eigenvalue weighted by Crippen LogP contribution is -2.15. The molecular weight excluding hydrogens is 64.0 g/mol. The number of rotatable bonds is 0. The SMILES string of the molecule is [2H]C1([2H])CC([2H])([2H])C1O. The predicted molar refractivity (Wildman–Crippen MR) is 19.9 cm³/mol. The van der Waals surface area contributed by atoms with Gasteiger partial charge < -0.3 is 5.11 Å². The zero-order valence-corrected chi connectivity index (χ0v) is 2.73. The Morgan fingerprint density at radius 2 is 2.40 bits per heavy atom. The third-order valence-corrected chi connectivity index (χ3v) is 0.591. The van der Waals surface area contributed by atoms with Gasteiger partial charge in [-0.3, -0.25) is 0 Å². The van der Waals surface area contributed by atoms with Crippen molar-refractivity contribution in [3.63, 3.8) is 0 Å². The quantitative estimate of drug-likeness (QED) is 0.446. The molecule has 0 radical (unpaired) electrons. The molecule has 0 atom stereocenters. The normalized spacial score (nSPS) is 57.8. The van der Waals surface area contributed by atoms with Crippen LogP contribution in [-0.4, -0.2) is 11.2 Å². The van der Waals surface area contributed by atoms with E-state index in [1.165, 1.54) is 0 Å². The van der Waals surface area contributed by atoms with Crippen molar-refractivity contribution in [1.82, 2.24) is 0 Å². The Kier molecular flexibility index (Phi) is 0.189. The van der Waals surface area contributed by atoms with Gasteiger partial charge in [0, 0.05) is 5.48 Å². The van der Waals surface area contributed by atoms with Crippen LogP contribution in [-0.2, 0) is 0 Å². The maximum absolute atomic E-state index is 8.75. The molecule has 0 aromatic heterocycles. The molecule has 30 valence electrons. The van der Waals surface area contributed by atoms with Crippen molar-refractivity contribution in [3.8, 4) is 0 Å². The Balaban J connectivity index is 2.62. The first-order chi connectivity index (χ1) is 3.86. The first kappa shape index (κ1) is 0.969. The molecule has 0 heterocycles. The van der Waals surface area contributed by atoms with Gasteiger partial charge in [0.2, 0.25) is 0 Å². The molecule has 1 fully saturated rings. The smallest absolute Gasteiger partial charge is 0.0540 e. The molecule has 0 aromatic carbocycles. The molecule has 1 aliphatic carbocycles. The van der Waals surface area contributed by atoms with Crippen LogP contribution in [0.5, 0.6) is 0 Å². The van der Waals surface area contributed by atoms with Crippen LogP contribution in [0.3, 0.4) is 0 Å². The van der Waals surface area contributed by atoms with E-state index < -0.39 is 18.8 Å². The van der Waals surface area contributed by atoms with Crippen molar-refractivity contribution in [1.29, 1.82) is 0 Å². The first-order valence-electron chi connectivity index (χ1n) is 3.54. The molecule has 0 aliphatic heterocycles. The second kappa shape index (κ2) is 0.977. The van der Waals surface area contributed by atoms with Gasteiger partial charge in [-0.1, -0.05) is 0 Å². The highest BCUT2D eigenvalue weighted by atomic mass is 16.3. The van der Waals surface area contributed by atoms with E-state index in [-0.39, 0.29) is 6.42 Å². The van der Waals surface area contributed by atoms with Crippen LogP contribution >= 0.6 is 0 Å². The van der Waals surface area contributed by atoms with Gasteiger partial charge in [-0.05, 0) is 19.2 Å². The summed E-state index contributed by atoms with van der Waals surface area (Å²) in [7, 11) is 0. The number of hydrogen-bond donors (Lipinski definition) is 1. The van der Waals surface area contributed by atoms with Gasteiger partial charge in [-0.2, -0.15) is 0 Å². The fraction of sp³-hybridized carbons (Fsp3) is 1.00. The fourth-order valence-electron chi connectivity index (χ4n) is 0.193. The summed E-state index contributed by atoms with van der Waals surface area (Å²) in [5, 5.41) is 8.75. The molecule has 0 spiro atoms. The van der Waals surface area contributed by atoms with Crippen molar-refractivity contribution < 1.29 is 10.6 Å². The zero-order valence-electron chi connectivity index (χ0n) is 6.73. The van der Waals surface area contributed by atoms with E-state index in [9.17, 15) is 0 Å². The molecule has 5 heavy (non-hydrogen) atoms. The van der Waals surface area contributed by atoms with E-state index in [1.54, 1.807) is 0 Å². The highest BCUT2D eigenvalue weighted by Crippen LogP contribution is 2.16. The van der Waals surface area contributed by atoms with Gasteiger partial charge in [0.15, 0.2) is 0 Å². The highest BCUT2D eigenvalue weighted by Gasteiger charge is 2.11. The van der Waals surface area contributed by atoms with Crippen LogP contribution in [0.25, 0.3) is 0 Å². The lowest BCUT2D eigenvalue weighted by molar-refractivity contribution is 0.0950. The van der Waals surface area contributed by atoms with Crippen molar-refractivity contribution >= 4 is 0 Å². The number of aliphatic hydroxyl groups excluding tert-OH is 1. The third kappa shape index (κ3) is 0.428. The van der Waals surface area contributed by atoms with E-state index in [4.69, 9.17) is 10.6 Å². The summed E-state index contributed by atoms with van der Waals surface area (Å²) in [6, 6.07) is 0. The summed E-state index contributed by atoms with van der Waals surface area (Å²) >= 11 is 0. The van der Waals surface area contributed by atoms with Crippen LogP contribution in [0, 0.1) is 0 Å². The standard InChI is InChI=1S/C4H8O/c5-4-2-1-3-4/h4-5H,1-3H2/i2D2,3D2. The van der Waals surface area contributed by atoms with Crippen molar-refractivity contribution in [2.45, 2.75) is 25.3 Å². The molecule has 1 heteroatoms. The minimum absolute atomic E-state index is 0.193. The summed E-state index contributed by atoms with van der Waals surface area (Å²) in [5.41, 5.74) is 0. The van der Waals surface area contributed by atoms with E-state index >= 15 is 0 Å². The molecule has 0 aromatic rings. The van der Waals surface area contributed by atoms with Gasteiger partial charge in [0.05, 0.1) is 6.10 Å². The van der Waals surface area contributed by atoms with Crippen LogP contribution in [0.1, 0.15) is 24.6 Å². The average Bonchev–Trinajstić information content (AvgIpc) is 1.63. The largest absolute Gasteiger partial charge is 0.393 e. The fourth-order valence-corrected chi connectivity index (χ4v) is 0.193. The maximum Gasteiger partial charge on any atom is 0.0540 e. The molecule has 1 aliphatic rings. The lowest BCUT2D eigenvalue weighted by atomic mass is 9.97. The van der Waals surface area contributed by atoms with Crippen molar-refractivity contribution in [2.24, 2.45) is 0 Å². The summed E-state index contributed by atoms with van der Waals surface area (Å²) < 4.78 is 27.6. The first-order valence-corrected chi connectivity index (χ1v) is 1.54. The van der Waals surface area contributed by atoms with Gasteiger partial charge in [-0.25, -0.2) is 0 Å². The number of aliphatic hydroxyl groups is 1. The van der Waals surface area contributed by atoms with Crippen molar-refractivity contribution in [3.05, 3.63) is 0 Å². The Bertz CT molecular complexity index is 119. The van der Waals surface area contributed by atoms with Gasteiger partial charge in [0.25, 0.3) is 0 Å². The van der Waals surface area contributed by atoms with Crippen LogP contribution < -0.4 is 0 Å². The second-order valence-corrected chi connectivity index (χ2v) is 0.988. The van der Waals surface area contributed by atoms with E-state index in [0.29, 0.717) is 0 Å². The second-order valence-electron chi connectivity index (χ2n) is 0.988. The molecule has 0 unspecified atom stereocenters. The summed E-state index contributed by atoms with van der Waals surface area (Å²) in [6.45, 7) is 0. The molecule has 0 saturated heterocycles. The van der Waals surface area contributed by atoms with Crippen LogP contribution in [0.15, 0.2) is 0 Å². The van der Waals surface area contributed by atoms with Crippen LogP contribution in [0.2, 0.25) is 0 Å². The van der Waals surface area contributed by atoms with E-state index in [2.05, 4.69) is 0 Å². The third-order valence-electron chi connectivity index (χ3n) is 0.591. The van der Waals surface area contributed by atoms with Gasteiger partial charge in [0.1, 0.15) is 0 Å². The molecule has 1 nitrogen and oxygen atoms in total. The molecule has 1 rings (SSSR count). The minimum Gasteiger partial charge on any atom is -0.393 e. The van der Waals surface area contributed by atoms with E-state index in [0.717, 1.165) is 0 Å². The minimum atomic E-state index is -1.70. The lowest BCUT2D eigenvalue weighted by Gasteiger charge is -2.17. The number of hydrogen-bond acceptors (Lipinski definition) is 1. The zero-order chi connectivity index (χ0) is 7.28. The van der Waals surface area contributed by atoms with Crippen molar-refractivity contribution in [2.75, 3.05) is 0 Å². The van der Waals surface area contributed by atoms with E-state index in [1.807, 2.05) is 0 Å². The maximum atomic E-state index is 8.75. The predicted octanol–water partition coefficient (Wildman–Crippen LogP) is 0.531.